The van der Waals surface area contributed by atoms with Crippen LogP contribution in [0.4, 0.5) is 0 Å². The maximum absolute atomic E-state index is 11.8. The Morgan fingerprint density at radius 1 is 1.25 bits per heavy atom. The van der Waals surface area contributed by atoms with Gasteiger partial charge in [0.15, 0.2) is 5.78 Å². The van der Waals surface area contributed by atoms with Crippen molar-refractivity contribution in [2.24, 2.45) is 5.41 Å². The first-order valence-corrected chi connectivity index (χ1v) is 5.17. The third-order valence-corrected chi connectivity index (χ3v) is 2.26. The van der Waals surface area contributed by atoms with Gasteiger partial charge in [-0.1, -0.05) is 51.1 Å². The third-order valence-electron chi connectivity index (χ3n) is 2.26. The molecule has 1 aromatic carbocycles. The van der Waals surface area contributed by atoms with Crippen LogP contribution in [0, 0.1) is 16.7 Å². The molecule has 0 bridgehead atoms. The van der Waals surface area contributed by atoms with Gasteiger partial charge in [0.1, 0.15) is 0 Å². The molecule has 0 atom stereocenters. The quantitative estimate of drug-likeness (QED) is 0.429. The molecular formula is C14H15NO. The number of ketones is 1. The van der Waals surface area contributed by atoms with Crippen LogP contribution in [-0.2, 0) is 0 Å². The molecule has 0 amide bonds. The van der Waals surface area contributed by atoms with Crippen molar-refractivity contribution in [3.8, 4) is 6.07 Å². The molecule has 0 unspecified atom stereocenters. The summed E-state index contributed by atoms with van der Waals surface area (Å²) in [7, 11) is 0. The van der Waals surface area contributed by atoms with Crippen LogP contribution in [0.2, 0.25) is 0 Å². The van der Waals surface area contributed by atoms with E-state index in [1.807, 2.05) is 39.0 Å². The SMILES string of the molecule is CC(C)(C)/C(C#N)=C\C(=O)c1ccccc1. The van der Waals surface area contributed by atoms with Crippen LogP contribution in [0.5, 0.6) is 0 Å². The second kappa shape index (κ2) is 4.76. The van der Waals surface area contributed by atoms with Crippen molar-refractivity contribution >= 4 is 5.78 Å². The topological polar surface area (TPSA) is 40.9 Å². The average Bonchev–Trinajstić information content (AvgIpc) is 2.25. The van der Waals surface area contributed by atoms with Crippen LogP contribution in [0.15, 0.2) is 42.0 Å². The highest BCUT2D eigenvalue weighted by Crippen LogP contribution is 2.24. The standard InChI is InChI=1S/C14H15NO/c1-14(2,3)12(10-15)9-13(16)11-7-5-4-6-8-11/h4-9H,1-3H3/b12-9-. The molecule has 0 heterocycles. The van der Waals surface area contributed by atoms with Gasteiger partial charge in [0.05, 0.1) is 6.07 Å². The normalized spacial score (nSPS) is 12.0. The smallest absolute Gasteiger partial charge is 0.186 e. The maximum Gasteiger partial charge on any atom is 0.186 e. The summed E-state index contributed by atoms with van der Waals surface area (Å²) in [5.41, 5.74) is 0.819. The Morgan fingerprint density at radius 3 is 2.25 bits per heavy atom. The van der Waals surface area contributed by atoms with E-state index >= 15 is 0 Å². The van der Waals surface area contributed by atoms with Gasteiger partial charge in [0.25, 0.3) is 0 Å². The van der Waals surface area contributed by atoms with Crippen molar-refractivity contribution in [2.75, 3.05) is 0 Å². The Bertz CT molecular complexity index is 444. The Morgan fingerprint density at radius 2 is 1.81 bits per heavy atom. The molecule has 0 radical (unpaired) electrons. The lowest BCUT2D eigenvalue weighted by molar-refractivity contribution is 0.104. The summed E-state index contributed by atoms with van der Waals surface area (Å²) in [6.45, 7) is 5.75. The molecule has 0 aliphatic carbocycles. The van der Waals surface area contributed by atoms with Crippen molar-refractivity contribution in [3.05, 3.63) is 47.5 Å². The van der Waals surface area contributed by atoms with E-state index in [0.717, 1.165) is 0 Å². The van der Waals surface area contributed by atoms with Gasteiger partial charge in [0, 0.05) is 17.2 Å². The molecule has 2 heteroatoms. The number of hydrogen-bond acceptors (Lipinski definition) is 2. The largest absolute Gasteiger partial charge is 0.289 e. The van der Waals surface area contributed by atoms with Gasteiger partial charge in [-0.2, -0.15) is 5.26 Å². The zero-order valence-corrected chi connectivity index (χ0v) is 9.82. The van der Waals surface area contributed by atoms with Crippen LogP contribution < -0.4 is 0 Å². The molecule has 1 rings (SSSR count). The maximum atomic E-state index is 11.8. The summed E-state index contributed by atoms with van der Waals surface area (Å²) in [5, 5.41) is 8.99. The van der Waals surface area contributed by atoms with Gasteiger partial charge in [-0.15, -0.1) is 0 Å². The highest BCUT2D eigenvalue weighted by molar-refractivity contribution is 6.05. The predicted octanol–water partition coefficient (Wildman–Crippen LogP) is 3.37. The third kappa shape index (κ3) is 3.06. The fraction of sp³-hybridized carbons (Fsp3) is 0.286. The van der Waals surface area contributed by atoms with E-state index < -0.39 is 0 Å². The monoisotopic (exact) mass is 213 g/mol. The first-order chi connectivity index (χ1) is 7.45. The number of rotatable bonds is 2. The van der Waals surface area contributed by atoms with Crippen LogP contribution in [0.3, 0.4) is 0 Å². The Kier molecular flexibility index (Phi) is 3.63. The molecule has 0 saturated heterocycles. The van der Waals surface area contributed by atoms with Gasteiger partial charge >= 0.3 is 0 Å². The number of carbonyl (C=O) groups is 1. The van der Waals surface area contributed by atoms with E-state index in [0.29, 0.717) is 11.1 Å². The molecule has 0 spiro atoms. The number of allylic oxidation sites excluding steroid dienone is 2. The molecule has 0 aromatic heterocycles. The van der Waals surface area contributed by atoms with Gasteiger partial charge < -0.3 is 0 Å². The predicted molar refractivity (Wildman–Crippen MR) is 63.9 cm³/mol. The summed E-state index contributed by atoms with van der Waals surface area (Å²) < 4.78 is 0. The molecule has 1 aromatic rings. The zero-order valence-electron chi connectivity index (χ0n) is 9.82. The van der Waals surface area contributed by atoms with E-state index in [-0.39, 0.29) is 11.2 Å². The van der Waals surface area contributed by atoms with Crippen LogP contribution >= 0.6 is 0 Å². The van der Waals surface area contributed by atoms with Crippen LogP contribution in [-0.4, -0.2) is 5.78 Å². The highest BCUT2D eigenvalue weighted by Gasteiger charge is 2.18. The second-order valence-electron chi connectivity index (χ2n) is 4.65. The van der Waals surface area contributed by atoms with E-state index in [4.69, 9.17) is 5.26 Å². The lowest BCUT2D eigenvalue weighted by atomic mass is 9.86. The number of nitrogens with zero attached hydrogens (tertiary/aromatic N) is 1. The minimum atomic E-state index is -0.292. The Labute approximate surface area is 96.2 Å². The van der Waals surface area contributed by atoms with Crippen LogP contribution in [0.1, 0.15) is 31.1 Å². The molecule has 0 N–H and O–H groups in total. The summed E-state index contributed by atoms with van der Waals surface area (Å²) in [6.07, 6.45) is 1.43. The number of hydrogen-bond donors (Lipinski definition) is 0. The van der Waals surface area contributed by atoms with Crippen molar-refractivity contribution < 1.29 is 4.79 Å². The van der Waals surface area contributed by atoms with Gasteiger partial charge in [-0.25, -0.2) is 0 Å². The fourth-order valence-electron chi connectivity index (χ4n) is 1.23. The molecular weight excluding hydrogens is 198 g/mol. The average molecular weight is 213 g/mol. The second-order valence-corrected chi connectivity index (χ2v) is 4.65. The van der Waals surface area contributed by atoms with Gasteiger partial charge in [-0.05, 0) is 5.41 Å². The summed E-state index contributed by atoms with van der Waals surface area (Å²) in [6, 6.07) is 11.1. The highest BCUT2D eigenvalue weighted by atomic mass is 16.1. The number of carbonyl (C=O) groups excluding carboxylic acids is 1. The van der Waals surface area contributed by atoms with Crippen molar-refractivity contribution in [2.45, 2.75) is 20.8 Å². The minimum absolute atomic E-state index is 0.118. The molecule has 0 aliphatic rings. The minimum Gasteiger partial charge on any atom is -0.289 e. The fourth-order valence-corrected chi connectivity index (χ4v) is 1.23. The Balaban J connectivity index is 3.02. The van der Waals surface area contributed by atoms with Crippen LogP contribution in [0.25, 0.3) is 0 Å². The van der Waals surface area contributed by atoms with Gasteiger partial charge in [0.2, 0.25) is 0 Å². The van der Waals surface area contributed by atoms with Crippen molar-refractivity contribution in [1.82, 2.24) is 0 Å². The van der Waals surface area contributed by atoms with E-state index in [1.165, 1.54) is 6.08 Å². The van der Waals surface area contributed by atoms with E-state index in [9.17, 15) is 4.79 Å². The number of benzene rings is 1. The van der Waals surface area contributed by atoms with Crippen molar-refractivity contribution in [3.63, 3.8) is 0 Å². The molecule has 0 aliphatic heterocycles. The molecule has 16 heavy (non-hydrogen) atoms. The molecule has 0 fully saturated rings. The molecule has 0 saturated carbocycles. The van der Waals surface area contributed by atoms with E-state index in [2.05, 4.69) is 6.07 Å². The lowest BCUT2D eigenvalue weighted by Crippen LogP contribution is -2.10. The molecule has 82 valence electrons. The zero-order chi connectivity index (χ0) is 12.2. The van der Waals surface area contributed by atoms with Gasteiger partial charge in [-0.3, -0.25) is 4.79 Å². The molecule has 2 nitrogen and oxygen atoms in total. The summed E-state index contributed by atoms with van der Waals surface area (Å²) in [4.78, 5) is 11.8. The van der Waals surface area contributed by atoms with Crippen molar-refractivity contribution in [1.29, 1.82) is 5.26 Å². The lowest BCUT2D eigenvalue weighted by Gasteiger charge is -2.16. The summed E-state index contributed by atoms with van der Waals surface area (Å²) >= 11 is 0. The number of nitriles is 1. The van der Waals surface area contributed by atoms with E-state index in [1.54, 1.807) is 12.1 Å². The first kappa shape index (κ1) is 12.2. The summed E-state index contributed by atoms with van der Waals surface area (Å²) in [5.74, 6) is -0.118. The Hall–Kier alpha value is -1.88. The first-order valence-electron chi connectivity index (χ1n) is 5.17.